The van der Waals surface area contributed by atoms with E-state index in [1.807, 2.05) is 25.1 Å². The molecular weight excluding hydrogens is 477 g/mol. The van der Waals surface area contributed by atoms with E-state index < -0.39 is 19.1 Å². The van der Waals surface area contributed by atoms with Crippen LogP contribution in [0.2, 0.25) is 15.1 Å². The molecule has 2 rings (SSSR count). The Hall–Kier alpha value is -1.51. The fourth-order valence-corrected chi connectivity index (χ4v) is 4.87. The van der Waals surface area contributed by atoms with E-state index in [4.69, 9.17) is 39.5 Å². The second-order valence-electron chi connectivity index (χ2n) is 7.56. The highest BCUT2D eigenvalue weighted by atomic mass is 35.5. The van der Waals surface area contributed by atoms with Crippen LogP contribution in [0.1, 0.15) is 38.0 Å². The molecule has 0 saturated carbocycles. The lowest BCUT2D eigenvalue weighted by molar-refractivity contribution is 0.140. The summed E-state index contributed by atoms with van der Waals surface area (Å²) in [4.78, 5) is 0. The number of hydrogen-bond donors (Lipinski definition) is 0. The van der Waals surface area contributed by atoms with Crippen LogP contribution in [-0.2, 0) is 9.30 Å². The average Bonchev–Trinajstić information content (AvgIpc) is 2.67. The summed E-state index contributed by atoms with van der Waals surface area (Å²) in [5, 5.41) is 1.43. The minimum atomic E-state index is -2.43. The Labute approximate surface area is 198 Å². The normalized spacial score (nSPS) is 13.8. The zero-order chi connectivity index (χ0) is 23.5. The Morgan fingerprint density at radius 3 is 2.32 bits per heavy atom. The minimum Gasteiger partial charge on any atom is -0.486 e. The van der Waals surface area contributed by atoms with E-state index in [9.17, 15) is 8.96 Å². The van der Waals surface area contributed by atoms with Crippen LogP contribution in [0.4, 0.5) is 4.39 Å². The van der Waals surface area contributed by atoms with Crippen LogP contribution in [0.5, 0.6) is 0 Å². The quantitative estimate of drug-likeness (QED) is 0.164. The lowest BCUT2D eigenvalue weighted by Gasteiger charge is -2.21. The number of benzene rings is 2. The molecule has 0 aliphatic rings. The minimum absolute atomic E-state index is 0.0745. The number of halogens is 4. The van der Waals surface area contributed by atoms with Gasteiger partial charge in [-0.05, 0) is 69.5 Å². The van der Waals surface area contributed by atoms with E-state index in [0.717, 1.165) is 11.1 Å². The van der Waals surface area contributed by atoms with Gasteiger partial charge in [0, 0.05) is 26.5 Å². The second-order valence-corrected chi connectivity index (χ2v) is 12.0. The van der Waals surface area contributed by atoms with Gasteiger partial charge in [0.15, 0.2) is 0 Å². The van der Waals surface area contributed by atoms with Crippen LogP contribution >= 0.6 is 41.9 Å². The van der Waals surface area contributed by atoms with Gasteiger partial charge in [-0.1, -0.05) is 59.6 Å². The van der Waals surface area contributed by atoms with E-state index in [0.29, 0.717) is 32.2 Å². The third kappa shape index (κ3) is 6.26. The maximum Gasteiger partial charge on any atom is 0.142 e. The maximum atomic E-state index is 13.9. The molecule has 0 N–H and O–H groups in total. The first-order valence-electron chi connectivity index (χ1n) is 9.56. The Morgan fingerprint density at radius 2 is 1.81 bits per heavy atom. The lowest BCUT2D eigenvalue weighted by atomic mass is 10.0. The van der Waals surface area contributed by atoms with E-state index in [-0.39, 0.29) is 5.02 Å². The molecular formula is C24H25Cl3FO2P. The highest BCUT2D eigenvalue weighted by Gasteiger charge is 2.20. The van der Waals surface area contributed by atoms with Crippen LogP contribution < -0.4 is 5.30 Å². The van der Waals surface area contributed by atoms with Gasteiger partial charge in [0.05, 0.1) is 5.02 Å². The molecule has 0 spiro atoms. The predicted molar refractivity (Wildman–Crippen MR) is 133 cm³/mol. The molecule has 2 aromatic rings. The molecule has 1 unspecified atom stereocenters. The Morgan fingerprint density at radius 1 is 1.16 bits per heavy atom. The zero-order valence-electron chi connectivity index (χ0n) is 18.1. The van der Waals surface area contributed by atoms with Crippen LogP contribution in [0, 0.1) is 5.82 Å². The van der Waals surface area contributed by atoms with Crippen molar-refractivity contribution < 1.29 is 13.7 Å². The summed E-state index contributed by atoms with van der Waals surface area (Å²) in [6.45, 7) is 12.8. The molecule has 0 radical (unpaired) electrons. The number of hydrogen-bond acceptors (Lipinski definition) is 2. The van der Waals surface area contributed by atoms with Gasteiger partial charge in [-0.2, -0.15) is 0 Å². The topological polar surface area (TPSA) is 26.3 Å². The van der Waals surface area contributed by atoms with Crippen molar-refractivity contribution in [1.29, 1.82) is 0 Å². The fourth-order valence-electron chi connectivity index (χ4n) is 2.95. The first kappa shape index (κ1) is 25.7. The van der Waals surface area contributed by atoms with E-state index in [1.54, 1.807) is 39.3 Å². The molecule has 1 atom stereocenters. The summed E-state index contributed by atoms with van der Waals surface area (Å²) in [7, 11) is -2.43. The van der Waals surface area contributed by atoms with Crippen molar-refractivity contribution in [3.63, 3.8) is 0 Å². The first-order chi connectivity index (χ1) is 14.4. The zero-order valence-corrected chi connectivity index (χ0v) is 21.3. The largest absolute Gasteiger partial charge is 0.486 e. The summed E-state index contributed by atoms with van der Waals surface area (Å²) in [5.41, 5.74) is 2.58. The molecule has 31 heavy (non-hydrogen) atoms. The third-order valence-corrected chi connectivity index (χ3v) is 7.24. The summed E-state index contributed by atoms with van der Waals surface area (Å²) in [5.74, 6) is -0.0867. The van der Waals surface area contributed by atoms with Gasteiger partial charge in [0.2, 0.25) is 0 Å². The third-order valence-electron chi connectivity index (χ3n) is 4.69. The molecule has 0 saturated heterocycles. The van der Waals surface area contributed by atoms with Crippen molar-refractivity contribution in [2.45, 2.75) is 26.9 Å². The molecule has 2 aromatic carbocycles. The monoisotopic (exact) mass is 500 g/mol. The molecule has 166 valence electrons. The van der Waals surface area contributed by atoms with Gasteiger partial charge < -0.3 is 9.30 Å². The molecule has 0 aliphatic heterocycles. The van der Waals surface area contributed by atoms with E-state index >= 15 is 0 Å². The van der Waals surface area contributed by atoms with Gasteiger partial charge in [0.25, 0.3) is 0 Å². The predicted octanol–water partition coefficient (Wildman–Crippen LogP) is 8.68. The highest BCUT2D eigenvalue weighted by molar-refractivity contribution is 7.70. The fraction of sp³-hybridized carbons (Fsp3) is 0.250. The molecule has 0 bridgehead atoms. The lowest BCUT2D eigenvalue weighted by Crippen LogP contribution is -2.05. The van der Waals surface area contributed by atoms with Crippen LogP contribution in [-0.4, -0.2) is 13.3 Å². The number of rotatable bonds is 7. The van der Waals surface area contributed by atoms with E-state index in [2.05, 4.69) is 6.58 Å². The molecule has 0 fully saturated rings. The van der Waals surface area contributed by atoms with Gasteiger partial charge in [-0.3, -0.25) is 0 Å². The molecule has 7 heteroatoms. The first-order valence-corrected chi connectivity index (χ1v) is 13.3. The van der Waals surface area contributed by atoms with Gasteiger partial charge in [0.1, 0.15) is 24.8 Å². The Kier molecular flexibility index (Phi) is 8.64. The van der Waals surface area contributed by atoms with Crippen molar-refractivity contribution in [2.24, 2.45) is 0 Å². The number of allylic oxidation sites excluding steroid dienone is 4. The maximum absolute atomic E-state index is 13.9. The average molecular weight is 502 g/mol. The van der Waals surface area contributed by atoms with Gasteiger partial charge in [-0.25, -0.2) is 4.39 Å². The molecule has 0 aromatic heterocycles. The van der Waals surface area contributed by atoms with Crippen molar-refractivity contribution in [2.75, 3.05) is 13.3 Å². The summed E-state index contributed by atoms with van der Waals surface area (Å²) < 4.78 is 32.4. The van der Waals surface area contributed by atoms with Crippen molar-refractivity contribution in [3.05, 3.63) is 92.4 Å². The Bertz CT molecular complexity index is 1120. The van der Waals surface area contributed by atoms with Crippen LogP contribution in [0.25, 0.3) is 5.57 Å². The SMILES string of the molecule is C=C(C)/C(=C\C(=C/C)c1ccc(P(C)(C)=O)cc1Cl)OC(C)c1c(Cl)ccc(F)c1Cl. The van der Waals surface area contributed by atoms with Crippen LogP contribution in [0.3, 0.4) is 0 Å². The molecule has 0 aliphatic carbocycles. The van der Waals surface area contributed by atoms with Crippen molar-refractivity contribution >= 4 is 52.8 Å². The molecule has 0 heterocycles. The van der Waals surface area contributed by atoms with Gasteiger partial charge in [-0.15, -0.1) is 0 Å². The highest BCUT2D eigenvalue weighted by Crippen LogP contribution is 2.38. The second kappa shape index (κ2) is 10.4. The smallest absolute Gasteiger partial charge is 0.142 e. The summed E-state index contributed by atoms with van der Waals surface area (Å²) in [6.07, 6.45) is 3.07. The van der Waals surface area contributed by atoms with Gasteiger partial charge >= 0.3 is 0 Å². The van der Waals surface area contributed by atoms with Crippen molar-refractivity contribution in [3.8, 4) is 0 Å². The Balaban J connectivity index is 2.45. The number of ether oxygens (including phenoxy) is 1. The van der Waals surface area contributed by atoms with Crippen molar-refractivity contribution in [1.82, 2.24) is 0 Å². The van der Waals surface area contributed by atoms with E-state index in [1.165, 1.54) is 12.1 Å². The molecule has 0 amide bonds. The summed E-state index contributed by atoms with van der Waals surface area (Å²) in [6, 6.07) is 8.04. The standard InChI is InChI=1S/C24H25Cl3FO2P/c1-7-16(18-9-8-17(13-20(18)26)31(5,6)29)12-22(14(2)3)30-15(4)23-19(25)10-11-21(28)24(23)27/h7-13,15H,2H2,1,3-6H3/b16-7+,22-12+. The summed E-state index contributed by atoms with van der Waals surface area (Å²) >= 11 is 18.9. The van der Waals surface area contributed by atoms with Crippen LogP contribution in [0.15, 0.2) is 60.4 Å². The molecule has 2 nitrogen and oxygen atoms in total.